The van der Waals surface area contributed by atoms with Crippen molar-refractivity contribution in [1.82, 2.24) is 10.2 Å². The monoisotopic (exact) mass is 380 g/mol. The second kappa shape index (κ2) is 19.9. The van der Waals surface area contributed by atoms with Crippen LogP contribution in [0.1, 0.15) is 71.1 Å². The number of halogens is 1. The minimum atomic E-state index is -0.766. The van der Waals surface area contributed by atoms with Gasteiger partial charge < -0.3 is 21.9 Å². The lowest BCUT2D eigenvalue weighted by atomic mass is 10.1. The molecule has 6 N–H and O–H groups in total. The van der Waals surface area contributed by atoms with E-state index in [9.17, 15) is 4.79 Å². The highest BCUT2D eigenvalue weighted by Gasteiger charge is 2.09. The Morgan fingerprint density at radius 3 is 1.96 bits per heavy atom. The number of unbranched alkanes of at least 4 members (excludes halogenated alkanes) is 9. The van der Waals surface area contributed by atoms with Gasteiger partial charge in [-0.2, -0.15) is 0 Å². The normalized spacial score (nSPS) is 11.1. The molecule has 0 heterocycles. The quantitative estimate of drug-likeness (QED) is 0.215. The minimum absolute atomic E-state index is 0. The summed E-state index contributed by atoms with van der Waals surface area (Å²) in [5, 5.41) is 12.1. The van der Waals surface area contributed by atoms with Crippen LogP contribution in [0.3, 0.4) is 0 Å². The molecule has 0 rings (SSSR count). The fourth-order valence-electron chi connectivity index (χ4n) is 2.79. The van der Waals surface area contributed by atoms with Crippen LogP contribution in [0.15, 0.2) is 0 Å². The number of carboxylic acids is 1. The predicted octanol–water partition coefficient (Wildman–Crippen LogP) is 2.55. The molecule has 0 radical (unpaired) electrons. The van der Waals surface area contributed by atoms with Crippen LogP contribution in [-0.2, 0) is 4.79 Å². The Kier molecular flexibility index (Phi) is 21.4. The van der Waals surface area contributed by atoms with Gasteiger partial charge in [0.05, 0.1) is 12.7 Å². The van der Waals surface area contributed by atoms with Crippen LogP contribution < -0.4 is 16.8 Å². The number of nitrogens with zero attached hydrogens (tertiary/aromatic N) is 1. The molecular formula is C18H41ClN4O2. The van der Waals surface area contributed by atoms with Gasteiger partial charge in [0.1, 0.15) is 0 Å². The molecular weight excluding hydrogens is 340 g/mol. The zero-order chi connectivity index (χ0) is 18.0. The van der Waals surface area contributed by atoms with Crippen molar-refractivity contribution in [2.45, 2.75) is 77.3 Å². The van der Waals surface area contributed by atoms with E-state index >= 15 is 0 Å². The van der Waals surface area contributed by atoms with E-state index in [2.05, 4.69) is 12.2 Å². The zero-order valence-corrected chi connectivity index (χ0v) is 16.9. The van der Waals surface area contributed by atoms with Crippen molar-refractivity contribution in [2.24, 2.45) is 11.5 Å². The van der Waals surface area contributed by atoms with Gasteiger partial charge in [0.2, 0.25) is 0 Å². The molecule has 0 aromatic rings. The van der Waals surface area contributed by atoms with Crippen molar-refractivity contribution in [2.75, 3.05) is 32.7 Å². The number of hydrogen-bond acceptors (Lipinski definition) is 5. The molecule has 152 valence electrons. The maximum Gasteiger partial charge on any atom is 0.317 e. The van der Waals surface area contributed by atoms with Crippen LogP contribution in [0.2, 0.25) is 0 Å². The van der Waals surface area contributed by atoms with Gasteiger partial charge >= 0.3 is 5.97 Å². The number of nitrogens with one attached hydrogen (secondary N) is 1. The first-order valence-electron chi connectivity index (χ1n) is 9.72. The average molecular weight is 381 g/mol. The fourth-order valence-corrected chi connectivity index (χ4v) is 2.79. The van der Waals surface area contributed by atoms with E-state index in [0.29, 0.717) is 6.54 Å². The first kappa shape index (κ1) is 26.8. The molecule has 0 fully saturated rings. The molecule has 0 aliphatic heterocycles. The van der Waals surface area contributed by atoms with E-state index in [1.807, 2.05) is 4.90 Å². The standard InChI is InChI=1S/C18H40N4O2.ClH/c1-2-3-4-5-6-7-8-9-10-11-13-22(16-18(23)24)14-12-21-15-17(19)20;/h17,21H,2-16,19-20H2,1H3,(H,23,24);1H. The van der Waals surface area contributed by atoms with Gasteiger partial charge in [-0.15, -0.1) is 12.4 Å². The molecule has 0 aliphatic rings. The van der Waals surface area contributed by atoms with Gasteiger partial charge in [-0.1, -0.05) is 64.7 Å². The van der Waals surface area contributed by atoms with Crippen molar-refractivity contribution >= 4 is 18.4 Å². The molecule has 6 nitrogen and oxygen atoms in total. The summed E-state index contributed by atoms with van der Waals surface area (Å²) in [4.78, 5) is 12.9. The lowest BCUT2D eigenvalue weighted by Gasteiger charge is -2.20. The molecule has 0 amide bonds. The third-order valence-corrected chi connectivity index (χ3v) is 4.17. The molecule has 0 saturated heterocycles. The van der Waals surface area contributed by atoms with Crippen molar-refractivity contribution in [3.63, 3.8) is 0 Å². The van der Waals surface area contributed by atoms with Crippen molar-refractivity contribution < 1.29 is 9.90 Å². The Morgan fingerprint density at radius 1 is 0.960 bits per heavy atom. The molecule has 0 bridgehead atoms. The molecule has 0 atom stereocenters. The molecule has 0 aromatic carbocycles. The molecule has 7 heteroatoms. The molecule has 0 aliphatic carbocycles. The topological polar surface area (TPSA) is 105 Å². The van der Waals surface area contributed by atoms with Crippen LogP contribution >= 0.6 is 12.4 Å². The molecule has 0 unspecified atom stereocenters. The Hall–Kier alpha value is -0.400. The minimum Gasteiger partial charge on any atom is -0.480 e. The number of rotatable bonds is 18. The molecule has 0 aromatic heterocycles. The lowest BCUT2D eigenvalue weighted by Crippen LogP contribution is -2.44. The number of aliphatic carboxylic acids is 1. The number of carbonyl (C=O) groups is 1. The largest absolute Gasteiger partial charge is 0.480 e. The Labute approximate surface area is 160 Å². The van der Waals surface area contributed by atoms with Crippen LogP contribution in [0.4, 0.5) is 0 Å². The van der Waals surface area contributed by atoms with Crippen molar-refractivity contribution in [1.29, 1.82) is 0 Å². The SMILES string of the molecule is CCCCCCCCCCCCN(CCNCC(N)N)CC(=O)O.Cl. The molecule has 0 spiro atoms. The van der Waals surface area contributed by atoms with Gasteiger partial charge in [-0.25, -0.2) is 0 Å². The van der Waals surface area contributed by atoms with Gasteiger partial charge in [0, 0.05) is 19.6 Å². The second-order valence-corrected chi connectivity index (χ2v) is 6.72. The number of nitrogens with two attached hydrogens (primary N) is 2. The van der Waals surface area contributed by atoms with E-state index in [4.69, 9.17) is 16.6 Å². The third kappa shape index (κ3) is 21.6. The van der Waals surface area contributed by atoms with Crippen molar-refractivity contribution in [3.8, 4) is 0 Å². The summed E-state index contributed by atoms with van der Waals surface area (Å²) < 4.78 is 0. The van der Waals surface area contributed by atoms with Crippen molar-refractivity contribution in [3.05, 3.63) is 0 Å². The smallest absolute Gasteiger partial charge is 0.317 e. The molecule has 0 saturated carbocycles. The van der Waals surface area contributed by atoms with Gasteiger partial charge in [0.25, 0.3) is 0 Å². The fraction of sp³-hybridized carbons (Fsp3) is 0.944. The average Bonchev–Trinajstić information content (AvgIpc) is 2.52. The summed E-state index contributed by atoms with van der Waals surface area (Å²) in [5.41, 5.74) is 10.9. The van der Waals surface area contributed by atoms with E-state index in [0.717, 1.165) is 26.1 Å². The first-order valence-corrected chi connectivity index (χ1v) is 9.72. The predicted molar refractivity (Wildman–Crippen MR) is 108 cm³/mol. The summed E-state index contributed by atoms with van der Waals surface area (Å²) in [6, 6.07) is 0. The second-order valence-electron chi connectivity index (χ2n) is 6.72. The highest BCUT2D eigenvalue weighted by molar-refractivity contribution is 5.85. The van der Waals surface area contributed by atoms with Crippen LogP contribution in [-0.4, -0.2) is 54.9 Å². The highest BCUT2D eigenvalue weighted by atomic mass is 35.5. The van der Waals surface area contributed by atoms with E-state index < -0.39 is 5.97 Å². The third-order valence-electron chi connectivity index (χ3n) is 4.17. The van der Waals surface area contributed by atoms with Crippen LogP contribution in [0.5, 0.6) is 0 Å². The number of hydrogen-bond donors (Lipinski definition) is 4. The maximum absolute atomic E-state index is 10.9. The van der Waals surface area contributed by atoms with E-state index in [1.54, 1.807) is 0 Å². The molecule has 25 heavy (non-hydrogen) atoms. The summed E-state index contributed by atoms with van der Waals surface area (Å²) in [6.45, 7) is 5.19. The Morgan fingerprint density at radius 2 is 1.48 bits per heavy atom. The maximum atomic E-state index is 10.9. The van der Waals surface area contributed by atoms with Gasteiger partial charge in [0.15, 0.2) is 0 Å². The first-order chi connectivity index (χ1) is 11.6. The van der Waals surface area contributed by atoms with E-state index in [1.165, 1.54) is 57.8 Å². The zero-order valence-electron chi connectivity index (χ0n) is 16.0. The summed E-state index contributed by atoms with van der Waals surface area (Å²) >= 11 is 0. The summed E-state index contributed by atoms with van der Waals surface area (Å²) in [6.07, 6.45) is 12.6. The Balaban J connectivity index is 0. The highest BCUT2D eigenvalue weighted by Crippen LogP contribution is 2.10. The van der Waals surface area contributed by atoms with Crippen LogP contribution in [0.25, 0.3) is 0 Å². The summed E-state index contributed by atoms with van der Waals surface area (Å²) in [7, 11) is 0. The lowest BCUT2D eigenvalue weighted by molar-refractivity contribution is -0.138. The number of carboxylic acid groups (broad SMARTS) is 1. The van der Waals surface area contributed by atoms with Gasteiger partial charge in [-0.3, -0.25) is 9.69 Å². The van der Waals surface area contributed by atoms with Crippen LogP contribution in [0, 0.1) is 0 Å². The summed E-state index contributed by atoms with van der Waals surface area (Å²) in [5.74, 6) is -0.766. The van der Waals surface area contributed by atoms with Gasteiger partial charge in [-0.05, 0) is 13.0 Å². The van der Waals surface area contributed by atoms with E-state index in [-0.39, 0.29) is 25.1 Å². The Bertz CT molecular complexity index is 294.